The molecule has 0 aliphatic carbocycles. The summed E-state index contributed by atoms with van der Waals surface area (Å²) in [6.45, 7) is 7.53. The van der Waals surface area contributed by atoms with E-state index in [1.54, 1.807) is 12.3 Å². The highest BCUT2D eigenvalue weighted by atomic mass is 16.5. The molecule has 0 spiro atoms. The SMILES string of the molecule is CCCOc1ccnc(NC(C)C(C)CN)n1. The van der Waals surface area contributed by atoms with Crippen molar-refractivity contribution in [3.63, 3.8) is 0 Å². The minimum absolute atomic E-state index is 0.237. The molecular formula is C12H22N4O. The number of hydrogen-bond acceptors (Lipinski definition) is 5. The number of rotatable bonds is 7. The quantitative estimate of drug-likeness (QED) is 0.755. The van der Waals surface area contributed by atoms with Gasteiger partial charge in [-0.1, -0.05) is 13.8 Å². The molecule has 96 valence electrons. The Bertz CT molecular complexity index is 332. The number of nitrogens with two attached hydrogens (primary N) is 1. The summed E-state index contributed by atoms with van der Waals surface area (Å²) in [4.78, 5) is 8.44. The monoisotopic (exact) mass is 238 g/mol. The van der Waals surface area contributed by atoms with Gasteiger partial charge in [0.25, 0.3) is 0 Å². The summed E-state index contributed by atoms with van der Waals surface area (Å²) in [5.41, 5.74) is 5.62. The van der Waals surface area contributed by atoms with Crippen molar-refractivity contribution in [3.05, 3.63) is 12.3 Å². The molecule has 1 aromatic heterocycles. The Morgan fingerprint density at radius 3 is 2.88 bits per heavy atom. The Hall–Kier alpha value is -1.36. The lowest BCUT2D eigenvalue weighted by Gasteiger charge is -2.19. The Labute approximate surface area is 103 Å². The van der Waals surface area contributed by atoms with Gasteiger partial charge >= 0.3 is 0 Å². The Kier molecular flexibility index (Phi) is 5.69. The second-order valence-electron chi connectivity index (χ2n) is 4.21. The third-order valence-corrected chi connectivity index (χ3v) is 2.67. The van der Waals surface area contributed by atoms with E-state index in [-0.39, 0.29) is 6.04 Å². The molecular weight excluding hydrogens is 216 g/mol. The summed E-state index contributed by atoms with van der Waals surface area (Å²) in [6, 6.07) is 2.00. The van der Waals surface area contributed by atoms with E-state index < -0.39 is 0 Å². The first-order valence-electron chi connectivity index (χ1n) is 6.09. The van der Waals surface area contributed by atoms with Crippen LogP contribution in [-0.4, -0.2) is 29.2 Å². The van der Waals surface area contributed by atoms with E-state index in [0.717, 1.165) is 6.42 Å². The van der Waals surface area contributed by atoms with Crippen LogP contribution in [-0.2, 0) is 0 Å². The fraction of sp³-hybridized carbons (Fsp3) is 0.667. The van der Waals surface area contributed by atoms with Crippen LogP contribution in [0.2, 0.25) is 0 Å². The predicted molar refractivity (Wildman–Crippen MR) is 69.1 cm³/mol. The Balaban J connectivity index is 2.58. The molecule has 17 heavy (non-hydrogen) atoms. The van der Waals surface area contributed by atoms with Gasteiger partial charge in [0.1, 0.15) is 0 Å². The highest BCUT2D eigenvalue weighted by Crippen LogP contribution is 2.11. The number of anilines is 1. The van der Waals surface area contributed by atoms with Gasteiger partial charge in [-0.3, -0.25) is 0 Å². The van der Waals surface area contributed by atoms with E-state index in [1.807, 2.05) is 0 Å². The fourth-order valence-corrected chi connectivity index (χ4v) is 1.25. The van der Waals surface area contributed by atoms with E-state index in [0.29, 0.717) is 30.9 Å². The van der Waals surface area contributed by atoms with Gasteiger partial charge in [0.15, 0.2) is 0 Å². The molecule has 0 amide bonds. The molecule has 0 aliphatic rings. The average molecular weight is 238 g/mol. The topological polar surface area (TPSA) is 73.1 Å². The zero-order valence-electron chi connectivity index (χ0n) is 10.8. The van der Waals surface area contributed by atoms with E-state index in [4.69, 9.17) is 10.5 Å². The molecule has 2 unspecified atom stereocenters. The lowest BCUT2D eigenvalue weighted by Crippen LogP contribution is -2.30. The van der Waals surface area contributed by atoms with Crippen LogP contribution in [0.1, 0.15) is 27.2 Å². The summed E-state index contributed by atoms with van der Waals surface area (Å²) in [7, 11) is 0. The Morgan fingerprint density at radius 1 is 1.47 bits per heavy atom. The van der Waals surface area contributed by atoms with Crippen LogP contribution < -0.4 is 15.8 Å². The van der Waals surface area contributed by atoms with E-state index >= 15 is 0 Å². The van der Waals surface area contributed by atoms with Crippen LogP contribution in [0.4, 0.5) is 5.95 Å². The zero-order chi connectivity index (χ0) is 12.7. The molecule has 1 aromatic rings. The van der Waals surface area contributed by atoms with E-state index in [1.165, 1.54) is 0 Å². The third kappa shape index (κ3) is 4.56. The number of aromatic nitrogens is 2. The van der Waals surface area contributed by atoms with Gasteiger partial charge in [-0.2, -0.15) is 4.98 Å². The normalized spacial score (nSPS) is 14.1. The van der Waals surface area contributed by atoms with Gasteiger partial charge in [-0.15, -0.1) is 0 Å². The number of nitrogens with zero attached hydrogens (tertiary/aromatic N) is 2. The highest BCUT2D eigenvalue weighted by molar-refractivity contribution is 5.28. The minimum atomic E-state index is 0.237. The van der Waals surface area contributed by atoms with Crippen molar-refractivity contribution < 1.29 is 4.74 Å². The molecule has 5 nitrogen and oxygen atoms in total. The molecule has 3 N–H and O–H groups in total. The van der Waals surface area contributed by atoms with Crippen LogP contribution in [0.3, 0.4) is 0 Å². The maximum atomic E-state index is 5.62. The lowest BCUT2D eigenvalue weighted by atomic mass is 10.0. The summed E-state index contributed by atoms with van der Waals surface area (Å²) in [5.74, 6) is 1.57. The zero-order valence-corrected chi connectivity index (χ0v) is 10.8. The smallest absolute Gasteiger partial charge is 0.226 e. The fourth-order valence-electron chi connectivity index (χ4n) is 1.25. The molecule has 0 fully saturated rings. The first-order valence-corrected chi connectivity index (χ1v) is 6.09. The molecule has 0 bridgehead atoms. The number of hydrogen-bond donors (Lipinski definition) is 2. The summed E-state index contributed by atoms with van der Waals surface area (Å²) in [6.07, 6.45) is 2.66. The summed E-state index contributed by atoms with van der Waals surface area (Å²) < 4.78 is 5.45. The van der Waals surface area contributed by atoms with Crippen LogP contribution >= 0.6 is 0 Å². The van der Waals surface area contributed by atoms with Crippen molar-refractivity contribution in [2.75, 3.05) is 18.5 Å². The maximum Gasteiger partial charge on any atom is 0.226 e. The largest absolute Gasteiger partial charge is 0.478 e. The second kappa shape index (κ2) is 7.06. The standard InChI is InChI=1S/C12H22N4O/c1-4-7-17-11-5-6-14-12(16-11)15-10(3)9(2)8-13/h5-6,9-10H,4,7-8,13H2,1-3H3,(H,14,15,16). The number of nitrogens with one attached hydrogen (secondary N) is 1. The molecule has 0 saturated carbocycles. The summed E-state index contributed by atoms with van der Waals surface area (Å²) in [5, 5.41) is 3.23. The van der Waals surface area contributed by atoms with Crippen molar-refractivity contribution in [2.45, 2.75) is 33.2 Å². The second-order valence-corrected chi connectivity index (χ2v) is 4.21. The van der Waals surface area contributed by atoms with Gasteiger partial charge in [-0.05, 0) is 25.8 Å². The van der Waals surface area contributed by atoms with Gasteiger partial charge in [0.2, 0.25) is 11.8 Å². The van der Waals surface area contributed by atoms with Crippen LogP contribution in [0.25, 0.3) is 0 Å². The van der Waals surface area contributed by atoms with Crippen molar-refractivity contribution in [2.24, 2.45) is 11.7 Å². The molecule has 1 heterocycles. The van der Waals surface area contributed by atoms with Crippen LogP contribution in [0.5, 0.6) is 5.88 Å². The van der Waals surface area contributed by atoms with E-state index in [2.05, 4.69) is 36.1 Å². The maximum absolute atomic E-state index is 5.62. The summed E-state index contributed by atoms with van der Waals surface area (Å²) >= 11 is 0. The van der Waals surface area contributed by atoms with Gasteiger partial charge < -0.3 is 15.8 Å². The van der Waals surface area contributed by atoms with Crippen molar-refractivity contribution in [1.82, 2.24) is 9.97 Å². The van der Waals surface area contributed by atoms with Crippen LogP contribution in [0.15, 0.2) is 12.3 Å². The molecule has 0 aliphatic heterocycles. The van der Waals surface area contributed by atoms with Gasteiger partial charge in [0, 0.05) is 18.3 Å². The first kappa shape index (κ1) is 13.7. The van der Waals surface area contributed by atoms with Crippen molar-refractivity contribution >= 4 is 5.95 Å². The third-order valence-electron chi connectivity index (χ3n) is 2.67. The lowest BCUT2D eigenvalue weighted by molar-refractivity contribution is 0.305. The molecule has 0 aromatic carbocycles. The Morgan fingerprint density at radius 2 is 2.24 bits per heavy atom. The number of ether oxygens (including phenoxy) is 1. The van der Waals surface area contributed by atoms with E-state index in [9.17, 15) is 0 Å². The first-order chi connectivity index (χ1) is 8.17. The molecule has 2 atom stereocenters. The van der Waals surface area contributed by atoms with Crippen LogP contribution in [0, 0.1) is 5.92 Å². The molecule has 0 saturated heterocycles. The molecule has 5 heteroatoms. The highest BCUT2D eigenvalue weighted by Gasteiger charge is 2.11. The molecule has 0 radical (unpaired) electrons. The van der Waals surface area contributed by atoms with Crippen molar-refractivity contribution in [1.29, 1.82) is 0 Å². The average Bonchev–Trinajstić information content (AvgIpc) is 2.35. The predicted octanol–water partition coefficient (Wildman–Crippen LogP) is 1.66. The van der Waals surface area contributed by atoms with Gasteiger partial charge in [-0.25, -0.2) is 4.98 Å². The van der Waals surface area contributed by atoms with Crippen molar-refractivity contribution in [3.8, 4) is 5.88 Å². The molecule has 1 rings (SSSR count). The minimum Gasteiger partial charge on any atom is -0.478 e. The van der Waals surface area contributed by atoms with Gasteiger partial charge in [0.05, 0.1) is 6.61 Å².